The summed E-state index contributed by atoms with van der Waals surface area (Å²) in [5, 5.41) is 0. The van der Waals surface area contributed by atoms with Crippen molar-refractivity contribution >= 4 is 0 Å². The van der Waals surface area contributed by atoms with Crippen molar-refractivity contribution in [3.63, 3.8) is 0 Å². The van der Waals surface area contributed by atoms with Gasteiger partial charge in [0.2, 0.25) is 0 Å². The Hall–Kier alpha value is -1.96. The van der Waals surface area contributed by atoms with Crippen LogP contribution in [0, 0.1) is 27.7 Å². The standard InChI is InChI=1S/C18H22O2/c1-11-7-8-16(14(4)13(11)3)18-12(2)9-15(19-5)10-17(18)20-6/h7-10H,1-6H3. The number of methoxy groups -OCH3 is 2. The number of aryl methyl sites for hydroxylation is 2. The number of hydrogen-bond acceptors (Lipinski definition) is 2. The second-order valence-electron chi connectivity index (χ2n) is 5.20. The zero-order chi connectivity index (χ0) is 14.9. The third kappa shape index (κ3) is 2.38. The van der Waals surface area contributed by atoms with Crippen molar-refractivity contribution in [2.75, 3.05) is 14.2 Å². The highest BCUT2D eigenvalue weighted by Gasteiger charge is 2.15. The van der Waals surface area contributed by atoms with Crippen LogP contribution >= 0.6 is 0 Å². The van der Waals surface area contributed by atoms with E-state index in [4.69, 9.17) is 9.47 Å². The van der Waals surface area contributed by atoms with Crippen LogP contribution in [0.2, 0.25) is 0 Å². The summed E-state index contributed by atoms with van der Waals surface area (Å²) in [6, 6.07) is 8.33. The molecule has 0 radical (unpaired) electrons. The Balaban J connectivity index is 2.73. The molecule has 0 aliphatic heterocycles. The van der Waals surface area contributed by atoms with Crippen LogP contribution in [0.15, 0.2) is 24.3 Å². The molecule has 0 bridgehead atoms. The molecule has 2 nitrogen and oxygen atoms in total. The Kier molecular flexibility index (Phi) is 4.03. The van der Waals surface area contributed by atoms with Crippen molar-refractivity contribution in [1.29, 1.82) is 0 Å². The number of rotatable bonds is 3. The zero-order valence-corrected chi connectivity index (χ0v) is 13.1. The maximum atomic E-state index is 5.57. The topological polar surface area (TPSA) is 18.5 Å². The van der Waals surface area contributed by atoms with Gasteiger partial charge < -0.3 is 9.47 Å². The van der Waals surface area contributed by atoms with Crippen molar-refractivity contribution in [1.82, 2.24) is 0 Å². The predicted octanol–water partition coefficient (Wildman–Crippen LogP) is 4.60. The van der Waals surface area contributed by atoms with E-state index in [2.05, 4.69) is 39.8 Å². The molecule has 0 atom stereocenters. The van der Waals surface area contributed by atoms with Crippen LogP contribution in [0.1, 0.15) is 22.3 Å². The van der Waals surface area contributed by atoms with Crippen molar-refractivity contribution < 1.29 is 9.47 Å². The molecule has 0 aliphatic carbocycles. The molecule has 0 unspecified atom stereocenters. The Morgan fingerprint density at radius 3 is 2.05 bits per heavy atom. The summed E-state index contributed by atoms with van der Waals surface area (Å²) in [7, 11) is 3.38. The molecule has 2 rings (SSSR count). The van der Waals surface area contributed by atoms with Crippen LogP contribution in [-0.4, -0.2) is 14.2 Å². The minimum Gasteiger partial charge on any atom is -0.497 e. The van der Waals surface area contributed by atoms with Gasteiger partial charge in [0.25, 0.3) is 0 Å². The molecular formula is C18H22O2. The molecule has 0 saturated carbocycles. The van der Waals surface area contributed by atoms with Gasteiger partial charge in [0, 0.05) is 11.6 Å². The van der Waals surface area contributed by atoms with Crippen LogP contribution in [0.5, 0.6) is 11.5 Å². The van der Waals surface area contributed by atoms with Gasteiger partial charge in [0.1, 0.15) is 11.5 Å². The second kappa shape index (κ2) is 5.58. The highest BCUT2D eigenvalue weighted by Crippen LogP contribution is 2.39. The van der Waals surface area contributed by atoms with Crippen molar-refractivity contribution in [2.45, 2.75) is 27.7 Å². The third-order valence-electron chi connectivity index (χ3n) is 4.06. The molecule has 2 aromatic rings. The molecule has 20 heavy (non-hydrogen) atoms. The summed E-state index contributed by atoms with van der Waals surface area (Å²) in [6.45, 7) is 8.57. The maximum Gasteiger partial charge on any atom is 0.130 e. The first-order valence-electron chi connectivity index (χ1n) is 6.79. The van der Waals surface area contributed by atoms with E-state index >= 15 is 0 Å². The molecule has 0 aliphatic rings. The van der Waals surface area contributed by atoms with Crippen molar-refractivity contribution in [3.05, 3.63) is 46.5 Å². The lowest BCUT2D eigenvalue weighted by atomic mass is 9.91. The van der Waals surface area contributed by atoms with Gasteiger partial charge in [-0.1, -0.05) is 12.1 Å². The van der Waals surface area contributed by atoms with Gasteiger partial charge in [-0.05, 0) is 61.6 Å². The molecule has 2 aromatic carbocycles. The molecule has 0 heterocycles. The molecule has 0 amide bonds. The minimum absolute atomic E-state index is 0.824. The Labute approximate surface area is 121 Å². The van der Waals surface area contributed by atoms with E-state index < -0.39 is 0 Å². The Morgan fingerprint density at radius 2 is 1.45 bits per heavy atom. The normalized spacial score (nSPS) is 10.5. The van der Waals surface area contributed by atoms with Crippen molar-refractivity contribution in [3.8, 4) is 22.6 Å². The molecule has 106 valence electrons. The van der Waals surface area contributed by atoms with Crippen LogP contribution < -0.4 is 9.47 Å². The fourth-order valence-corrected chi connectivity index (χ4v) is 2.57. The molecule has 2 heteroatoms. The lowest BCUT2D eigenvalue weighted by Crippen LogP contribution is -1.97. The number of benzene rings is 2. The SMILES string of the molecule is COc1cc(C)c(-c2ccc(C)c(C)c2C)c(OC)c1. The van der Waals surface area contributed by atoms with Gasteiger partial charge in [-0.15, -0.1) is 0 Å². The van der Waals surface area contributed by atoms with Crippen molar-refractivity contribution in [2.24, 2.45) is 0 Å². The van der Waals surface area contributed by atoms with E-state index in [1.807, 2.05) is 12.1 Å². The van der Waals surface area contributed by atoms with Crippen LogP contribution in [0.3, 0.4) is 0 Å². The molecule has 0 N–H and O–H groups in total. The van der Waals surface area contributed by atoms with E-state index in [0.29, 0.717) is 0 Å². The number of ether oxygens (including phenoxy) is 2. The van der Waals surface area contributed by atoms with Gasteiger partial charge in [0.05, 0.1) is 14.2 Å². The smallest absolute Gasteiger partial charge is 0.130 e. The summed E-state index contributed by atoms with van der Waals surface area (Å²) in [5.41, 5.74) is 7.49. The van der Waals surface area contributed by atoms with Crippen LogP contribution in [-0.2, 0) is 0 Å². The van der Waals surface area contributed by atoms with E-state index in [-0.39, 0.29) is 0 Å². The lowest BCUT2D eigenvalue weighted by Gasteiger charge is -2.17. The van der Waals surface area contributed by atoms with E-state index in [0.717, 1.165) is 22.6 Å². The second-order valence-corrected chi connectivity index (χ2v) is 5.20. The predicted molar refractivity (Wildman–Crippen MR) is 83.9 cm³/mol. The first kappa shape index (κ1) is 14.4. The lowest BCUT2D eigenvalue weighted by molar-refractivity contribution is 0.395. The minimum atomic E-state index is 0.824. The number of hydrogen-bond donors (Lipinski definition) is 0. The summed E-state index contributed by atoms with van der Waals surface area (Å²) in [6.07, 6.45) is 0. The van der Waals surface area contributed by atoms with E-state index in [1.54, 1.807) is 14.2 Å². The Morgan fingerprint density at radius 1 is 0.750 bits per heavy atom. The van der Waals surface area contributed by atoms with Gasteiger partial charge in [-0.25, -0.2) is 0 Å². The van der Waals surface area contributed by atoms with Gasteiger partial charge in [0.15, 0.2) is 0 Å². The maximum absolute atomic E-state index is 5.57. The van der Waals surface area contributed by atoms with Gasteiger partial charge in [-0.2, -0.15) is 0 Å². The van der Waals surface area contributed by atoms with E-state index in [9.17, 15) is 0 Å². The first-order valence-corrected chi connectivity index (χ1v) is 6.79. The fraction of sp³-hybridized carbons (Fsp3) is 0.333. The summed E-state index contributed by atoms with van der Waals surface area (Å²) in [4.78, 5) is 0. The largest absolute Gasteiger partial charge is 0.497 e. The summed E-state index contributed by atoms with van der Waals surface area (Å²) < 4.78 is 10.9. The van der Waals surface area contributed by atoms with Crippen LogP contribution in [0.25, 0.3) is 11.1 Å². The fourth-order valence-electron chi connectivity index (χ4n) is 2.57. The average Bonchev–Trinajstić information content (AvgIpc) is 2.45. The monoisotopic (exact) mass is 270 g/mol. The van der Waals surface area contributed by atoms with E-state index in [1.165, 1.54) is 22.3 Å². The average molecular weight is 270 g/mol. The third-order valence-corrected chi connectivity index (χ3v) is 4.06. The van der Waals surface area contributed by atoms with Gasteiger partial charge in [-0.3, -0.25) is 0 Å². The molecule has 0 spiro atoms. The molecule has 0 saturated heterocycles. The quantitative estimate of drug-likeness (QED) is 0.811. The van der Waals surface area contributed by atoms with Gasteiger partial charge >= 0.3 is 0 Å². The summed E-state index contributed by atoms with van der Waals surface area (Å²) >= 11 is 0. The molecule has 0 fully saturated rings. The highest BCUT2D eigenvalue weighted by molar-refractivity contribution is 5.78. The highest BCUT2D eigenvalue weighted by atomic mass is 16.5. The molecule has 0 aromatic heterocycles. The zero-order valence-electron chi connectivity index (χ0n) is 13.1. The molecular weight excluding hydrogens is 248 g/mol. The summed E-state index contributed by atoms with van der Waals surface area (Å²) in [5.74, 6) is 1.68. The Bertz CT molecular complexity index is 642. The first-order chi connectivity index (χ1) is 9.49. The van der Waals surface area contributed by atoms with Crippen LogP contribution in [0.4, 0.5) is 0 Å².